The fraction of sp³-hybridized carbons (Fsp3) is 0.226. The number of aryl methyl sites for hydroxylation is 1. The van der Waals surface area contributed by atoms with Crippen molar-refractivity contribution in [1.82, 2.24) is 14.8 Å². The van der Waals surface area contributed by atoms with E-state index in [2.05, 4.69) is 5.32 Å². The van der Waals surface area contributed by atoms with Gasteiger partial charge >= 0.3 is 0 Å². The highest BCUT2D eigenvalue weighted by Gasteiger charge is 2.37. The zero-order valence-corrected chi connectivity index (χ0v) is 22.5. The number of pyridine rings is 1. The highest BCUT2D eigenvalue weighted by molar-refractivity contribution is 6.31. The van der Waals surface area contributed by atoms with Gasteiger partial charge < -0.3 is 19.2 Å². The Morgan fingerprint density at radius 2 is 1.85 bits per heavy atom. The average molecular weight is 556 g/mol. The second-order valence-electron chi connectivity index (χ2n) is 10.4. The van der Waals surface area contributed by atoms with E-state index in [9.17, 15) is 19.2 Å². The molecule has 9 heteroatoms. The van der Waals surface area contributed by atoms with Crippen LogP contribution in [0.3, 0.4) is 0 Å². The van der Waals surface area contributed by atoms with Gasteiger partial charge in [0, 0.05) is 47.9 Å². The predicted molar refractivity (Wildman–Crippen MR) is 152 cm³/mol. The first-order valence-corrected chi connectivity index (χ1v) is 13.4. The molecular formula is C31H26ClN3O5. The fourth-order valence-electron chi connectivity index (χ4n) is 5.77. The summed E-state index contributed by atoms with van der Waals surface area (Å²) in [6.07, 6.45) is 3.52. The van der Waals surface area contributed by atoms with Gasteiger partial charge in [-0.05, 0) is 61.2 Å². The van der Waals surface area contributed by atoms with Gasteiger partial charge in [-0.3, -0.25) is 19.2 Å². The molecule has 0 saturated carbocycles. The lowest BCUT2D eigenvalue weighted by Gasteiger charge is -2.43. The number of likely N-dealkylation sites (tertiary alicyclic amines) is 1. The number of carbonyl (C=O) groups is 2. The van der Waals surface area contributed by atoms with E-state index in [0.717, 1.165) is 17.7 Å². The number of nitrogens with one attached hydrogen (secondary N) is 1. The van der Waals surface area contributed by atoms with Crippen molar-refractivity contribution in [3.63, 3.8) is 0 Å². The summed E-state index contributed by atoms with van der Waals surface area (Å²) in [7, 11) is 0. The second kappa shape index (κ2) is 10.3. The molecule has 2 aromatic carbocycles. The summed E-state index contributed by atoms with van der Waals surface area (Å²) in [5, 5.41) is 3.42. The lowest BCUT2D eigenvalue weighted by Crippen LogP contribution is -2.50. The Balaban J connectivity index is 1.39. The van der Waals surface area contributed by atoms with E-state index in [0.29, 0.717) is 35.8 Å². The Morgan fingerprint density at radius 3 is 2.67 bits per heavy atom. The van der Waals surface area contributed by atoms with Gasteiger partial charge in [-0.1, -0.05) is 35.9 Å². The van der Waals surface area contributed by atoms with E-state index in [-0.39, 0.29) is 39.5 Å². The number of carbonyl (C=O) groups excluding carboxylic acids is 2. The third kappa shape index (κ3) is 4.75. The molecule has 4 aromatic rings. The number of hydrogen-bond donors (Lipinski definition) is 1. The van der Waals surface area contributed by atoms with E-state index >= 15 is 0 Å². The Hall–Kier alpha value is -4.43. The minimum atomic E-state index is -0.458. The van der Waals surface area contributed by atoms with E-state index in [1.807, 2.05) is 25.1 Å². The van der Waals surface area contributed by atoms with Gasteiger partial charge in [0.25, 0.3) is 17.4 Å². The highest BCUT2D eigenvalue weighted by atomic mass is 35.5. The molecule has 4 heterocycles. The van der Waals surface area contributed by atoms with Crippen LogP contribution in [0.2, 0.25) is 5.02 Å². The molecule has 1 fully saturated rings. The number of hydrogen-bond acceptors (Lipinski definition) is 5. The van der Waals surface area contributed by atoms with Crippen molar-refractivity contribution < 1.29 is 14.0 Å². The molecular weight excluding hydrogens is 530 g/mol. The molecule has 2 aromatic heterocycles. The molecule has 0 spiro atoms. The topological polar surface area (TPSA) is 102 Å². The zero-order valence-electron chi connectivity index (χ0n) is 21.7. The summed E-state index contributed by atoms with van der Waals surface area (Å²) in [4.78, 5) is 54.8. The predicted octanol–water partition coefficient (Wildman–Crippen LogP) is 4.33. The standard InChI is InChI=1S/C31H26ClN3O5/c1-18-5-2-3-6-23(18)30(38)33-25(12-21-17-40-27-10-9-22(32)13-24(27)29(21)37)31(39)34-14-19-11-20(16-34)26-7-4-8-28(36)35(26)15-19/h2-10,12-13,17,19-20H,11,14-16H2,1H3,(H,33,38). The number of piperidine rings is 1. The molecule has 8 nitrogen and oxygen atoms in total. The molecule has 0 radical (unpaired) electrons. The molecule has 2 unspecified atom stereocenters. The molecule has 2 bridgehead atoms. The van der Waals surface area contributed by atoms with E-state index in [4.69, 9.17) is 16.0 Å². The van der Waals surface area contributed by atoms with Crippen LogP contribution in [0.25, 0.3) is 17.0 Å². The largest absolute Gasteiger partial charge is 0.463 e. The second-order valence-corrected chi connectivity index (χ2v) is 10.8. The Bertz CT molecular complexity index is 1820. The van der Waals surface area contributed by atoms with Crippen LogP contribution in [0, 0.1) is 12.8 Å². The summed E-state index contributed by atoms with van der Waals surface area (Å²) >= 11 is 6.11. The molecule has 2 amide bonds. The Morgan fingerprint density at radius 1 is 1.02 bits per heavy atom. The van der Waals surface area contributed by atoms with E-state index in [1.165, 1.54) is 18.4 Å². The summed E-state index contributed by atoms with van der Waals surface area (Å²) in [6.45, 7) is 3.15. The molecule has 2 aliphatic rings. The van der Waals surface area contributed by atoms with Gasteiger partial charge in [-0.2, -0.15) is 0 Å². The van der Waals surface area contributed by atoms with Crippen LogP contribution in [0.1, 0.15) is 39.5 Å². The quantitative estimate of drug-likeness (QED) is 0.378. The maximum Gasteiger partial charge on any atom is 0.270 e. The third-order valence-electron chi connectivity index (χ3n) is 7.70. The van der Waals surface area contributed by atoms with Crippen molar-refractivity contribution in [2.45, 2.75) is 25.8 Å². The number of aromatic nitrogens is 1. The van der Waals surface area contributed by atoms with Gasteiger partial charge in [-0.15, -0.1) is 0 Å². The van der Waals surface area contributed by atoms with Gasteiger partial charge in [0.1, 0.15) is 17.5 Å². The van der Waals surface area contributed by atoms with Gasteiger partial charge in [-0.25, -0.2) is 0 Å². The molecule has 1 N–H and O–H groups in total. The molecule has 2 atom stereocenters. The average Bonchev–Trinajstić information content (AvgIpc) is 2.94. The van der Waals surface area contributed by atoms with Crippen molar-refractivity contribution in [3.05, 3.63) is 121 Å². The van der Waals surface area contributed by atoms with Crippen molar-refractivity contribution >= 4 is 40.5 Å². The summed E-state index contributed by atoms with van der Waals surface area (Å²) in [5.41, 5.74) is 2.10. The first kappa shape index (κ1) is 25.8. The van der Waals surface area contributed by atoms with Gasteiger partial charge in [0.05, 0.1) is 10.9 Å². The van der Waals surface area contributed by atoms with Crippen molar-refractivity contribution in [1.29, 1.82) is 0 Å². The summed E-state index contributed by atoms with van der Waals surface area (Å²) in [6, 6.07) is 17.0. The first-order valence-electron chi connectivity index (χ1n) is 13.1. The molecule has 202 valence electrons. The van der Waals surface area contributed by atoms with Gasteiger partial charge in [0.2, 0.25) is 0 Å². The number of rotatable bonds is 4. The minimum absolute atomic E-state index is 0.00782. The number of fused-ring (bicyclic) bond motifs is 5. The van der Waals surface area contributed by atoms with Crippen LogP contribution in [-0.4, -0.2) is 34.4 Å². The number of benzene rings is 2. The monoisotopic (exact) mass is 555 g/mol. The Labute approximate surface area is 234 Å². The summed E-state index contributed by atoms with van der Waals surface area (Å²) < 4.78 is 7.45. The molecule has 40 heavy (non-hydrogen) atoms. The lowest BCUT2D eigenvalue weighted by molar-refractivity contribution is -0.130. The maximum absolute atomic E-state index is 14.0. The molecule has 2 aliphatic heterocycles. The van der Waals surface area contributed by atoms with Crippen LogP contribution < -0.4 is 16.3 Å². The number of nitrogens with zero attached hydrogens (tertiary/aromatic N) is 2. The Kier molecular flexibility index (Phi) is 6.64. The SMILES string of the molecule is Cc1ccccc1C(=O)NC(=Cc1coc2ccc(Cl)cc2c1=O)C(=O)N1CC2CC(C1)c1cccc(=O)n1C2. The zero-order chi connectivity index (χ0) is 28.0. The first-order chi connectivity index (χ1) is 19.3. The van der Waals surface area contributed by atoms with E-state index in [1.54, 1.807) is 45.9 Å². The van der Waals surface area contributed by atoms with Crippen LogP contribution in [0.5, 0.6) is 0 Å². The van der Waals surface area contributed by atoms with Crippen molar-refractivity contribution in [2.75, 3.05) is 13.1 Å². The highest BCUT2D eigenvalue weighted by Crippen LogP contribution is 2.35. The molecule has 0 aliphatic carbocycles. The lowest BCUT2D eigenvalue weighted by atomic mass is 9.83. The maximum atomic E-state index is 14.0. The molecule has 6 rings (SSSR count). The van der Waals surface area contributed by atoms with E-state index < -0.39 is 11.8 Å². The molecule has 1 saturated heterocycles. The van der Waals surface area contributed by atoms with Crippen LogP contribution in [0.15, 0.2) is 86.6 Å². The smallest absolute Gasteiger partial charge is 0.270 e. The van der Waals surface area contributed by atoms with Crippen molar-refractivity contribution in [2.24, 2.45) is 5.92 Å². The third-order valence-corrected chi connectivity index (χ3v) is 7.93. The van der Waals surface area contributed by atoms with Crippen LogP contribution in [-0.2, 0) is 11.3 Å². The van der Waals surface area contributed by atoms with Crippen LogP contribution in [0.4, 0.5) is 0 Å². The number of amides is 2. The van der Waals surface area contributed by atoms with Crippen molar-refractivity contribution in [3.8, 4) is 0 Å². The normalized spacial score (nSPS) is 18.4. The fourth-order valence-corrected chi connectivity index (χ4v) is 5.95. The number of halogens is 1. The minimum Gasteiger partial charge on any atom is -0.463 e. The van der Waals surface area contributed by atoms with Crippen LogP contribution >= 0.6 is 11.6 Å². The summed E-state index contributed by atoms with van der Waals surface area (Å²) in [5.74, 6) is -0.781. The van der Waals surface area contributed by atoms with Gasteiger partial charge in [0.15, 0.2) is 5.43 Å².